The Bertz CT molecular complexity index is 2480. The molecular weight excluding hydrogens is 578 g/mol. The van der Waals surface area contributed by atoms with Gasteiger partial charge < -0.3 is 0 Å². The van der Waals surface area contributed by atoms with Crippen molar-refractivity contribution in [2.24, 2.45) is 9.98 Å². The monoisotopic (exact) mass is 592 g/mol. The van der Waals surface area contributed by atoms with Crippen LogP contribution in [-0.4, -0.2) is 12.3 Å². The van der Waals surface area contributed by atoms with Crippen LogP contribution in [-0.2, 0) is 0 Å². The molecule has 44 heavy (non-hydrogen) atoms. The van der Waals surface area contributed by atoms with Crippen LogP contribution in [0.2, 0.25) is 0 Å². The van der Waals surface area contributed by atoms with Gasteiger partial charge in [0.05, 0.1) is 10.7 Å². The Kier molecular flexibility index (Phi) is 6.12. The third kappa shape index (κ3) is 3.99. The summed E-state index contributed by atoms with van der Waals surface area (Å²) in [6, 6.07) is 15.3. The van der Waals surface area contributed by atoms with Crippen LogP contribution in [0.15, 0.2) is 88.6 Å². The molecule has 0 heterocycles. The van der Waals surface area contributed by atoms with Gasteiger partial charge in [-0.3, -0.25) is 0 Å². The van der Waals surface area contributed by atoms with Crippen molar-refractivity contribution in [3.05, 3.63) is 112 Å². The Morgan fingerprint density at radius 3 is 1.61 bits per heavy atom. The van der Waals surface area contributed by atoms with Gasteiger partial charge in [-0.1, -0.05) is 24.3 Å². The molecule has 1 aliphatic carbocycles. The fourth-order valence-corrected chi connectivity index (χ4v) is 5.96. The van der Waals surface area contributed by atoms with Crippen molar-refractivity contribution in [1.82, 2.24) is 0 Å². The Labute approximate surface area is 243 Å². The predicted octanol–water partition coefficient (Wildman–Crippen LogP) is 7.95. The van der Waals surface area contributed by atoms with E-state index in [0.29, 0.717) is 54.2 Å². The van der Waals surface area contributed by atoms with Crippen molar-refractivity contribution in [1.29, 1.82) is 10.5 Å². The standard InChI is InChI=1S/C34H14F6N4/c35-27-7-17(8-28(36)31(27)39)15-1-3-19-21-11-22-20-4-2-16(18-9-29(37)32(40)30(38)10-18)6-24(20)34(44-14-42)26(22)12-25(21)33(43-13-41)23(19)5-15/h1-12,27,31H. The van der Waals surface area contributed by atoms with E-state index in [0.717, 1.165) is 24.3 Å². The Hall–Kier alpha value is -5.74. The van der Waals surface area contributed by atoms with Gasteiger partial charge in [0, 0.05) is 21.5 Å². The molecule has 10 heteroatoms. The first-order chi connectivity index (χ1) is 21.2. The first-order valence-corrected chi connectivity index (χ1v) is 13.1. The lowest BCUT2D eigenvalue weighted by atomic mass is 9.96. The summed E-state index contributed by atoms with van der Waals surface area (Å²) < 4.78 is 83.3. The molecule has 4 nitrogen and oxygen atoms in total. The summed E-state index contributed by atoms with van der Waals surface area (Å²) in [7, 11) is 0. The number of alkyl halides is 2. The molecule has 7 rings (SSSR count). The number of allylic oxidation sites excluding steroid dienone is 4. The lowest BCUT2D eigenvalue weighted by molar-refractivity contribution is 0.207. The molecule has 0 bridgehead atoms. The number of hydrogen-bond acceptors (Lipinski definition) is 4. The zero-order valence-corrected chi connectivity index (χ0v) is 22.1. The number of nitrogens with zero attached hydrogens (tertiary/aromatic N) is 4. The molecule has 0 saturated carbocycles. The Morgan fingerprint density at radius 2 is 1.07 bits per heavy atom. The summed E-state index contributed by atoms with van der Waals surface area (Å²) in [6.45, 7) is 0. The van der Waals surface area contributed by atoms with Crippen LogP contribution in [0.1, 0.15) is 5.56 Å². The van der Waals surface area contributed by atoms with Crippen molar-refractivity contribution in [2.45, 2.75) is 12.3 Å². The van der Waals surface area contributed by atoms with Gasteiger partial charge >= 0.3 is 0 Å². The molecule has 0 spiro atoms. The number of hydrogen-bond donors (Lipinski definition) is 0. The molecule has 0 N–H and O–H groups in total. The topological polar surface area (TPSA) is 72.3 Å². The molecule has 2 atom stereocenters. The van der Waals surface area contributed by atoms with E-state index in [4.69, 9.17) is 0 Å². The average Bonchev–Trinajstić information content (AvgIpc) is 3.48. The van der Waals surface area contributed by atoms with Gasteiger partial charge in [0.25, 0.3) is 0 Å². The molecule has 0 fully saturated rings. The third-order valence-corrected chi connectivity index (χ3v) is 7.95. The number of nitriles is 2. The normalized spacial score (nSPS) is 17.8. The highest BCUT2D eigenvalue weighted by atomic mass is 19.2. The van der Waals surface area contributed by atoms with E-state index in [1.165, 1.54) is 0 Å². The van der Waals surface area contributed by atoms with E-state index in [-0.39, 0.29) is 21.9 Å². The second-order valence-electron chi connectivity index (χ2n) is 10.3. The molecule has 0 aromatic heterocycles. The molecule has 0 radical (unpaired) electrons. The zero-order valence-electron chi connectivity index (χ0n) is 22.1. The number of halogens is 6. The molecule has 212 valence electrons. The molecule has 0 aliphatic heterocycles. The predicted molar refractivity (Wildman–Crippen MR) is 153 cm³/mol. The molecule has 0 amide bonds. The van der Waals surface area contributed by atoms with Gasteiger partial charge in [-0.15, -0.1) is 0 Å². The fourth-order valence-electron chi connectivity index (χ4n) is 5.96. The van der Waals surface area contributed by atoms with E-state index in [1.54, 1.807) is 54.9 Å². The Morgan fingerprint density at radius 1 is 0.568 bits per heavy atom. The van der Waals surface area contributed by atoms with Crippen molar-refractivity contribution in [2.75, 3.05) is 0 Å². The smallest absolute Gasteiger partial charge is 0.206 e. The van der Waals surface area contributed by atoms with Crippen LogP contribution in [0.5, 0.6) is 0 Å². The summed E-state index contributed by atoms with van der Waals surface area (Å²) in [5, 5.41) is 24.5. The molecule has 1 aliphatic rings. The van der Waals surface area contributed by atoms with E-state index >= 15 is 0 Å². The molecule has 6 aromatic rings. The van der Waals surface area contributed by atoms with Gasteiger partial charge in [0.15, 0.2) is 29.8 Å². The van der Waals surface area contributed by atoms with Crippen LogP contribution in [0, 0.1) is 40.4 Å². The second kappa shape index (κ2) is 9.92. The largest absolute Gasteiger partial charge is 0.239 e. The maximum atomic E-state index is 14.1. The first kappa shape index (κ1) is 27.1. The first-order valence-electron chi connectivity index (χ1n) is 13.1. The van der Waals surface area contributed by atoms with E-state index in [9.17, 15) is 36.9 Å². The summed E-state index contributed by atoms with van der Waals surface area (Å²) in [5.41, 5.74) is 1.01. The molecular formula is C34H14F6N4. The highest BCUT2D eigenvalue weighted by molar-refractivity contribution is 6.21. The summed E-state index contributed by atoms with van der Waals surface area (Å²) in [6.07, 6.45) is 1.00. The second-order valence-corrected chi connectivity index (χ2v) is 10.3. The van der Waals surface area contributed by atoms with Crippen LogP contribution >= 0.6 is 0 Å². The summed E-state index contributed by atoms with van der Waals surface area (Å²) >= 11 is 0. The fraction of sp³-hybridized carbons (Fsp3) is 0.0588. The molecule has 0 saturated heterocycles. The van der Waals surface area contributed by atoms with Crippen LogP contribution in [0.3, 0.4) is 0 Å². The van der Waals surface area contributed by atoms with Crippen molar-refractivity contribution in [3.8, 4) is 23.5 Å². The lowest BCUT2D eigenvalue weighted by Crippen LogP contribution is -2.19. The summed E-state index contributed by atoms with van der Waals surface area (Å²) in [5.74, 6) is -5.48. The number of benzene rings is 4. The van der Waals surface area contributed by atoms with Crippen LogP contribution in [0.4, 0.5) is 26.3 Å². The highest BCUT2D eigenvalue weighted by Gasteiger charge is 2.28. The van der Waals surface area contributed by atoms with E-state index < -0.39 is 35.6 Å². The summed E-state index contributed by atoms with van der Waals surface area (Å²) in [4.78, 5) is 8.06. The Balaban J connectivity index is 1.51. The molecule has 6 aromatic carbocycles. The molecule has 2 unspecified atom stereocenters. The van der Waals surface area contributed by atoms with Gasteiger partial charge in [-0.25, -0.2) is 26.3 Å². The zero-order chi connectivity index (χ0) is 30.9. The highest BCUT2D eigenvalue weighted by Crippen LogP contribution is 2.36. The lowest BCUT2D eigenvalue weighted by Gasteiger charge is -2.16. The van der Waals surface area contributed by atoms with E-state index in [1.807, 2.05) is 6.07 Å². The number of rotatable bonds is 2. The maximum absolute atomic E-state index is 14.1. The van der Waals surface area contributed by atoms with Crippen molar-refractivity contribution < 1.29 is 26.3 Å². The maximum Gasteiger partial charge on any atom is 0.206 e. The van der Waals surface area contributed by atoms with E-state index in [2.05, 4.69) is 9.98 Å². The van der Waals surface area contributed by atoms with Crippen LogP contribution < -0.4 is 10.7 Å². The minimum absolute atomic E-state index is 0.0936. The van der Waals surface area contributed by atoms with Gasteiger partial charge in [-0.05, 0) is 92.4 Å². The third-order valence-electron chi connectivity index (χ3n) is 7.95. The minimum Gasteiger partial charge on any atom is -0.239 e. The average molecular weight is 593 g/mol. The van der Waals surface area contributed by atoms with Gasteiger partial charge in [0.2, 0.25) is 12.4 Å². The number of fused-ring (bicyclic) bond motifs is 6. The van der Waals surface area contributed by atoms with Crippen molar-refractivity contribution >= 4 is 48.7 Å². The van der Waals surface area contributed by atoms with Crippen LogP contribution in [0.25, 0.3) is 59.8 Å². The SMILES string of the molecule is N#CN=c1c2cc(C3=CC(F)C(F)C(F)=C3)ccc2c2cc3c(cc12)c(=NC#N)c1cc(-c2cc(F)c(F)c(F)c2)ccc13. The van der Waals surface area contributed by atoms with Gasteiger partial charge in [0.1, 0.15) is 5.83 Å². The van der Waals surface area contributed by atoms with Gasteiger partial charge in [-0.2, -0.15) is 20.5 Å². The minimum atomic E-state index is -2.36. The van der Waals surface area contributed by atoms with Crippen molar-refractivity contribution in [3.63, 3.8) is 0 Å². The quantitative estimate of drug-likeness (QED) is 0.116.